The Kier molecular flexibility index (Phi) is 5.27. The molecule has 1 aromatic rings. The number of carbonyl (C=O) groups excluding carboxylic acids is 2. The summed E-state index contributed by atoms with van der Waals surface area (Å²) in [7, 11) is 0. The molecule has 0 spiro atoms. The first-order valence-electron chi connectivity index (χ1n) is 7.61. The molecule has 0 bridgehead atoms. The van der Waals surface area contributed by atoms with Crippen molar-refractivity contribution in [2.24, 2.45) is 0 Å². The van der Waals surface area contributed by atoms with Gasteiger partial charge in [0.15, 0.2) is 0 Å². The van der Waals surface area contributed by atoms with Crippen molar-refractivity contribution in [3.8, 4) is 0 Å². The number of nitrogens with one attached hydrogen (secondary N) is 1. The quantitative estimate of drug-likeness (QED) is 0.716. The van der Waals surface area contributed by atoms with E-state index in [-0.39, 0.29) is 11.4 Å². The van der Waals surface area contributed by atoms with Crippen molar-refractivity contribution in [2.45, 2.75) is 44.8 Å². The van der Waals surface area contributed by atoms with Crippen LogP contribution < -0.4 is 11.1 Å². The average molecular weight is 420 g/mol. The molecule has 1 unspecified atom stereocenters. The Labute approximate surface area is 152 Å². The molecule has 1 heterocycles. The molecule has 0 radical (unpaired) electrons. The fourth-order valence-electron chi connectivity index (χ4n) is 2.42. The van der Waals surface area contributed by atoms with E-state index >= 15 is 0 Å². The molecular weight excluding hydrogens is 400 g/mol. The number of nitrogens with two attached hydrogens (primary N) is 1. The van der Waals surface area contributed by atoms with Crippen molar-refractivity contribution in [1.29, 1.82) is 0 Å². The van der Waals surface area contributed by atoms with Crippen LogP contribution in [0, 0.1) is 0 Å². The second-order valence-corrected chi connectivity index (χ2v) is 7.82. The standard InChI is InChI=1S/C16H20BrF2N3O3/c1-15(2,3)25-14(24)22-8-16(18,19)7-12(22)13(23)21-11-6-9(17)4-5-10(11)20/h4-6,12H,7-8,20H2,1-3H3,(H,21,23). The molecule has 0 saturated carbocycles. The monoisotopic (exact) mass is 419 g/mol. The van der Waals surface area contributed by atoms with E-state index in [9.17, 15) is 18.4 Å². The smallest absolute Gasteiger partial charge is 0.411 e. The molecule has 25 heavy (non-hydrogen) atoms. The topological polar surface area (TPSA) is 84.7 Å². The average Bonchev–Trinajstić information content (AvgIpc) is 2.77. The summed E-state index contributed by atoms with van der Waals surface area (Å²) in [5.41, 5.74) is 5.48. The van der Waals surface area contributed by atoms with Gasteiger partial charge in [0.1, 0.15) is 11.6 Å². The van der Waals surface area contributed by atoms with Crippen LogP contribution in [0.4, 0.5) is 25.0 Å². The number of nitrogen functional groups attached to an aromatic ring is 1. The fourth-order valence-corrected chi connectivity index (χ4v) is 2.78. The van der Waals surface area contributed by atoms with E-state index in [1.54, 1.807) is 39.0 Å². The molecule has 1 saturated heterocycles. The van der Waals surface area contributed by atoms with Crippen LogP contribution in [0.25, 0.3) is 0 Å². The molecule has 2 amide bonds. The van der Waals surface area contributed by atoms with Gasteiger partial charge in [-0.15, -0.1) is 0 Å². The van der Waals surface area contributed by atoms with Gasteiger partial charge in [0.25, 0.3) is 5.92 Å². The van der Waals surface area contributed by atoms with Crippen LogP contribution in [-0.4, -0.2) is 41.0 Å². The summed E-state index contributed by atoms with van der Waals surface area (Å²) < 4.78 is 33.4. The highest BCUT2D eigenvalue weighted by molar-refractivity contribution is 9.10. The Bertz CT molecular complexity index is 692. The first-order chi connectivity index (χ1) is 11.4. The van der Waals surface area contributed by atoms with E-state index in [4.69, 9.17) is 10.5 Å². The van der Waals surface area contributed by atoms with Crippen LogP contribution in [0.1, 0.15) is 27.2 Å². The predicted octanol–water partition coefficient (Wildman–Crippen LogP) is 3.61. The molecule has 138 valence electrons. The Morgan fingerprint density at radius 1 is 1.40 bits per heavy atom. The summed E-state index contributed by atoms with van der Waals surface area (Å²) in [4.78, 5) is 25.4. The number of carbonyl (C=O) groups is 2. The van der Waals surface area contributed by atoms with Gasteiger partial charge in [0.2, 0.25) is 5.91 Å². The maximum Gasteiger partial charge on any atom is 0.411 e. The van der Waals surface area contributed by atoms with E-state index in [0.29, 0.717) is 4.47 Å². The van der Waals surface area contributed by atoms with Crippen LogP contribution in [0.2, 0.25) is 0 Å². The third-order valence-electron chi connectivity index (χ3n) is 3.47. The van der Waals surface area contributed by atoms with Crippen LogP contribution in [-0.2, 0) is 9.53 Å². The Balaban J connectivity index is 2.20. The molecular formula is C16H20BrF2N3O3. The van der Waals surface area contributed by atoms with Gasteiger partial charge in [-0.3, -0.25) is 9.69 Å². The molecule has 1 fully saturated rings. The van der Waals surface area contributed by atoms with Gasteiger partial charge in [0, 0.05) is 10.9 Å². The largest absolute Gasteiger partial charge is 0.444 e. The molecule has 1 atom stereocenters. The Hall–Kier alpha value is -1.90. The zero-order valence-corrected chi connectivity index (χ0v) is 15.7. The molecule has 3 N–H and O–H groups in total. The molecule has 0 aliphatic carbocycles. The van der Waals surface area contributed by atoms with E-state index in [2.05, 4.69) is 21.2 Å². The van der Waals surface area contributed by atoms with Crippen molar-refractivity contribution < 1.29 is 23.1 Å². The third kappa shape index (κ3) is 5.04. The van der Waals surface area contributed by atoms with Gasteiger partial charge in [-0.05, 0) is 39.0 Å². The number of ether oxygens (including phenoxy) is 1. The number of hydrogen-bond donors (Lipinski definition) is 2. The lowest BCUT2D eigenvalue weighted by atomic mass is 10.1. The molecule has 1 aromatic carbocycles. The minimum atomic E-state index is -3.16. The summed E-state index contributed by atoms with van der Waals surface area (Å²) >= 11 is 3.24. The number of halogens is 3. The number of rotatable bonds is 2. The molecule has 2 rings (SSSR count). The molecule has 1 aliphatic rings. The first kappa shape index (κ1) is 19.4. The Morgan fingerprint density at radius 3 is 2.64 bits per heavy atom. The SMILES string of the molecule is CC(C)(C)OC(=O)N1CC(F)(F)CC1C(=O)Nc1cc(Br)ccc1N. The summed E-state index contributed by atoms with van der Waals surface area (Å²) in [6, 6.07) is 3.46. The van der Waals surface area contributed by atoms with Crippen molar-refractivity contribution in [3.05, 3.63) is 22.7 Å². The van der Waals surface area contributed by atoms with Gasteiger partial charge >= 0.3 is 6.09 Å². The molecule has 6 nitrogen and oxygen atoms in total. The highest BCUT2D eigenvalue weighted by Gasteiger charge is 2.51. The highest BCUT2D eigenvalue weighted by atomic mass is 79.9. The van der Waals surface area contributed by atoms with Gasteiger partial charge in [-0.1, -0.05) is 15.9 Å². The van der Waals surface area contributed by atoms with Crippen molar-refractivity contribution in [3.63, 3.8) is 0 Å². The van der Waals surface area contributed by atoms with Crippen molar-refractivity contribution >= 4 is 39.3 Å². The number of alkyl halides is 2. The summed E-state index contributed by atoms with van der Waals surface area (Å²) in [6.07, 6.45) is -1.72. The number of nitrogens with zero attached hydrogens (tertiary/aromatic N) is 1. The second kappa shape index (κ2) is 6.78. The lowest BCUT2D eigenvalue weighted by Gasteiger charge is -2.27. The zero-order chi connectivity index (χ0) is 19.0. The number of anilines is 2. The Morgan fingerprint density at radius 2 is 2.04 bits per heavy atom. The number of hydrogen-bond acceptors (Lipinski definition) is 4. The fraction of sp³-hybridized carbons (Fsp3) is 0.500. The maximum atomic E-state index is 13.8. The molecule has 0 aromatic heterocycles. The van der Waals surface area contributed by atoms with Crippen LogP contribution in [0.3, 0.4) is 0 Å². The number of likely N-dealkylation sites (tertiary alicyclic amines) is 1. The van der Waals surface area contributed by atoms with E-state index in [1.807, 2.05) is 0 Å². The van der Waals surface area contributed by atoms with Crippen molar-refractivity contribution in [2.75, 3.05) is 17.6 Å². The van der Waals surface area contributed by atoms with Crippen LogP contribution >= 0.6 is 15.9 Å². The summed E-state index contributed by atoms with van der Waals surface area (Å²) in [5, 5.41) is 2.50. The van der Waals surface area contributed by atoms with Crippen molar-refractivity contribution in [1.82, 2.24) is 4.90 Å². The van der Waals surface area contributed by atoms with Gasteiger partial charge in [-0.2, -0.15) is 0 Å². The van der Waals surface area contributed by atoms with E-state index in [0.717, 1.165) is 4.90 Å². The van der Waals surface area contributed by atoms with Gasteiger partial charge in [0.05, 0.1) is 17.9 Å². The number of amides is 2. The highest BCUT2D eigenvalue weighted by Crippen LogP contribution is 2.34. The summed E-state index contributed by atoms with van der Waals surface area (Å²) in [5.74, 6) is -3.91. The van der Waals surface area contributed by atoms with Gasteiger partial charge in [-0.25, -0.2) is 13.6 Å². The van der Waals surface area contributed by atoms with E-state index < -0.39 is 42.5 Å². The summed E-state index contributed by atoms with van der Waals surface area (Å²) in [6.45, 7) is 4.00. The van der Waals surface area contributed by atoms with Crippen LogP contribution in [0.15, 0.2) is 22.7 Å². The third-order valence-corrected chi connectivity index (χ3v) is 3.97. The molecule has 1 aliphatic heterocycles. The molecule has 9 heteroatoms. The first-order valence-corrected chi connectivity index (χ1v) is 8.41. The predicted molar refractivity (Wildman–Crippen MR) is 93.5 cm³/mol. The second-order valence-electron chi connectivity index (χ2n) is 6.90. The van der Waals surface area contributed by atoms with Crippen LogP contribution in [0.5, 0.6) is 0 Å². The zero-order valence-electron chi connectivity index (χ0n) is 14.1. The minimum absolute atomic E-state index is 0.277. The number of benzene rings is 1. The minimum Gasteiger partial charge on any atom is -0.444 e. The van der Waals surface area contributed by atoms with E-state index in [1.165, 1.54) is 0 Å². The normalized spacial score (nSPS) is 19.6. The lowest BCUT2D eigenvalue weighted by molar-refractivity contribution is -0.120. The maximum absolute atomic E-state index is 13.8. The van der Waals surface area contributed by atoms with Gasteiger partial charge < -0.3 is 15.8 Å². The lowest BCUT2D eigenvalue weighted by Crippen LogP contribution is -2.45.